The molecule has 2 aromatic heterocycles. The van der Waals surface area contributed by atoms with Gasteiger partial charge in [0, 0.05) is 17.5 Å². The SMILES string of the molecule is COc1cccc(-c2cnn3c(C4CCNCC4)cc(=O)[nH]c23)c1.Cl. The fourth-order valence-electron chi connectivity index (χ4n) is 3.42. The number of ether oxygens (including phenoxy) is 1. The van der Waals surface area contributed by atoms with Crippen LogP contribution in [0.4, 0.5) is 0 Å². The fourth-order valence-corrected chi connectivity index (χ4v) is 3.42. The van der Waals surface area contributed by atoms with Crippen molar-refractivity contribution in [2.24, 2.45) is 0 Å². The second-order valence-corrected chi connectivity index (χ2v) is 6.13. The third-order valence-corrected chi connectivity index (χ3v) is 4.67. The number of nitrogens with zero attached hydrogens (tertiary/aromatic N) is 2. The molecule has 0 radical (unpaired) electrons. The molecule has 3 heterocycles. The molecule has 2 N–H and O–H groups in total. The maximum absolute atomic E-state index is 12.2. The molecule has 1 aromatic carbocycles. The van der Waals surface area contributed by atoms with Crippen LogP contribution in [0.1, 0.15) is 24.5 Å². The van der Waals surface area contributed by atoms with Crippen LogP contribution in [0.25, 0.3) is 16.8 Å². The Balaban J connectivity index is 0.00000182. The van der Waals surface area contributed by atoms with E-state index in [0.717, 1.165) is 54.1 Å². The maximum atomic E-state index is 12.2. The van der Waals surface area contributed by atoms with Gasteiger partial charge in [-0.05, 0) is 43.6 Å². The molecule has 0 bridgehead atoms. The fraction of sp³-hybridized carbons (Fsp3) is 0.333. The van der Waals surface area contributed by atoms with Crippen molar-refractivity contribution < 1.29 is 4.74 Å². The number of hydrogen-bond donors (Lipinski definition) is 2. The van der Waals surface area contributed by atoms with Crippen LogP contribution in [-0.4, -0.2) is 34.8 Å². The summed E-state index contributed by atoms with van der Waals surface area (Å²) in [5.74, 6) is 1.14. The first kappa shape index (κ1) is 17.5. The number of fused-ring (bicyclic) bond motifs is 1. The zero-order valence-corrected chi connectivity index (χ0v) is 14.8. The van der Waals surface area contributed by atoms with Gasteiger partial charge in [0.2, 0.25) is 0 Å². The number of methoxy groups -OCH3 is 1. The summed E-state index contributed by atoms with van der Waals surface area (Å²) >= 11 is 0. The van der Waals surface area contributed by atoms with Crippen LogP contribution in [0.15, 0.2) is 41.3 Å². The summed E-state index contributed by atoms with van der Waals surface area (Å²) < 4.78 is 7.18. The van der Waals surface area contributed by atoms with Crippen LogP contribution in [0.5, 0.6) is 5.75 Å². The minimum absolute atomic E-state index is 0. The second-order valence-electron chi connectivity index (χ2n) is 6.13. The van der Waals surface area contributed by atoms with E-state index >= 15 is 0 Å². The number of aromatic amines is 1. The van der Waals surface area contributed by atoms with E-state index in [4.69, 9.17) is 4.74 Å². The molecule has 0 spiro atoms. The Labute approximate surface area is 151 Å². The summed E-state index contributed by atoms with van der Waals surface area (Å²) in [6.07, 6.45) is 3.85. The van der Waals surface area contributed by atoms with Gasteiger partial charge in [0.05, 0.1) is 19.0 Å². The predicted molar refractivity (Wildman–Crippen MR) is 99.9 cm³/mol. The van der Waals surface area contributed by atoms with Gasteiger partial charge in [-0.15, -0.1) is 12.4 Å². The first-order chi connectivity index (χ1) is 11.8. The van der Waals surface area contributed by atoms with E-state index in [2.05, 4.69) is 15.4 Å². The quantitative estimate of drug-likeness (QED) is 0.753. The lowest BCUT2D eigenvalue weighted by molar-refractivity contribution is 0.415. The lowest BCUT2D eigenvalue weighted by Crippen LogP contribution is -2.28. The molecule has 132 valence electrons. The molecule has 0 unspecified atom stereocenters. The van der Waals surface area contributed by atoms with Crippen LogP contribution in [0.3, 0.4) is 0 Å². The Morgan fingerprint density at radius 2 is 2.04 bits per heavy atom. The molecule has 4 rings (SSSR count). The van der Waals surface area contributed by atoms with Crippen molar-refractivity contribution in [3.05, 3.63) is 52.6 Å². The van der Waals surface area contributed by atoms with E-state index in [0.29, 0.717) is 5.92 Å². The Morgan fingerprint density at radius 3 is 2.80 bits per heavy atom. The van der Waals surface area contributed by atoms with Crippen molar-refractivity contribution in [3.63, 3.8) is 0 Å². The van der Waals surface area contributed by atoms with E-state index in [1.807, 2.05) is 35.0 Å². The number of aromatic nitrogens is 3. The molecule has 0 aliphatic carbocycles. The summed E-state index contributed by atoms with van der Waals surface area (Å²) in [7, 11) is 1.65. The van der Waals surface area contributed by atoms with Gasteiger partial charge in [-0.25, -0.2) is 4.52 Å². The summed E-state index contributed by atoms with van der Waals surface area (Å²) in [4.78, 5) is 15.2. The first-order valence-electron chi connectivity index (χ1n) is 8.22. The molecule has 1 aliphatic heterocycles. The van der Waals surface area contributed by atoms with Crippen LogP contribution in [0.2, 0.25) is 0 Å². The van der Waals surface area contributed by atoms with Crippen molar-refractivity contribution in [1.82, 2.24) is 19.9 Å². The summed E-state index contributed by atoms with van der Waals surface area (Å²) in [5.41, 5.74) is 3.53. The highest BCUT2D eigenvalue weighted by molar-refractivity contribution is 5.85. The van der Waals surface area contributed by atoms with E-state index in [9.17, 15) is 4.79 Å². The maximum Gasteiger partial charge on any atom is 0.251 e. The number of piperidine rings is 1. The molecule has 3 aromatic rings. The number of nitrogens with one attached hydrogen (secondary N) is 2. The minimum Gasteiger partial charge on any atom is -0.497 e. The highest BCUT2D eigenvalue weighted by atomic mass is 35.5. The van der Waals surface area contributed by atoms with Crippen molar-refractivity contribution in [2.45, 2.75) is 18.8 Å². The minimum atomic E-state index is -0.0827. The van der Waals surface area contributed by atoms with Gasteiger partial charge in [0.1, 0.15) is 11.4 Å². The largest absolute Gasteiger partial charge is 0.497 e. The van der Waals surface area contributed by atoms with Crippen molar-refractivity contribution in [2.75, 3.05) is 20.2 Å². The van der Waals surface area contributed by atoms with Crippen LogP contribution in [0, 0.1) is 0 Å². The van der Waals surface area contributed by atoms with Gasteiger partial charge in [-0.3, -0.25) is 4.79 Å². The molecule has 1 aliphatic rings. The summed E-state index contributed by atoms with van der Waals surface area (Å²) in [6, 6.07) is 9.47. The molecular formula is C18H21ClN4O2. The Morgan fingerprint density at radius 1 is 1.24 bits per heavy atom. The molecule has 25 heavy (non-hydrogen) atoms. The lowest BCUT2D eigenvalue weighted by atomic mass is 9.94. The van der Waals surface area contributed by atoms with E-state index in [1.165, 1.54) is 0 Å². The van der Waals surface area contributed by atoms with E-state index in [1.54, 1.807) is 13.2 Å². The standard InChI is InChI=1S/C18H20N4O2.ClH/c1-24-14-4-2-3-13(9-14)15-11-20-22-16(10-17(23)21-18(15)22)12-5-7-19-8-6-12;/h2-4,9-12,19H,5-8H2,1H3,(H,21,23);1H. The Bertz CT molecular complexity index is 928. The predicted octanol–water partition coefficient (Wildman–Crippen LogP) is 2.59. The van der Waals surface area contributed by atoms with Gasteiger partial charge in [0.25, 0.3) is 5.56 Å². The summed E-state index contributed by atoms with van der Waals surface area (Å²) in [5, 5.41) is 7.91. The van der Waals surface area contributed by atoms with Gasteiger partial charge < -0.3 is 15.0 Å². The van der Waals surface area contributed by atoms with Crippen molar-refractivity contribution in [1.29, 1.82) is 0 Å². The summed E-state index contributed by atoms with van der Waals surface area (Å²) in [6.45, 7) is 1.95. The molecule has 0 amide bonds. The molecular weight excluding hydrogens is 340 g/mol. The highest BCUT2D eigenvalue weighted by Gasteiger charge is 2.20. The number of halogens is 1. The third kappa shape index (κ3) is 3.27. The van der Waals surface area contributed by atoms with Gasteiger partial charge in [-0.1, -0.05) is 12.1 Å². The monoisotopic (exact) mass is 360 g/mol. The van der Waals surface area contributed by atoms with Gasteiger partial charge >= 0.3 is 0 Å². The number of hydrogen-bond acceptors (Lipinski definition) is 4. The number of benzene rings is 1. The Hall–Kier alpha value is -2.31. The first-order valence-corrected chi connectivity index (χ1v) is 8.22. The Kier molecular flexibility index (Phi) is 5.11. The number of rotatable bonds is 3. The molecule has 1 saturated heterocycles. The van der Waals surface area contributed by atoms with Crippen LogP contribution >= 0.6 is 12.4 Å². The third-order valence-electron chi connectivity index (χ3n) is 4.67. The molecule has 0 atom stereocenters. The zero-order chi connectivity index (χ0) is 16.5. The van der Waals surface area contributed by atoms with Crippen molar-refractivity contribution >= 4 is 18.1 Å². The topological polar surface area (TPSA) is 71.4 Å². The van der Waals surface area contributed by atoms with E-state index < -0.39 is 0 Å². The highest BCUT2D eigenvalue weighted by Crippen LogP contribution is 2.29. The average Bonchev–Trinajstić information content (AvgIpc) is 3.05. The second kappa shape index (κ2) is 7.29. The molecule has 0 saturated carbocycles. The zero-order valence-electron chi connectivity index (χ0n) is 14.0. The smallest absolute Gasteiger partial charge is 0.251 e. The van der Waals surface area contributed by atoms with Crippen molar-refractivity contribution in [3.8, 4) is 16.9 Å². The number of H-pyrrole nitrogens is 1. The molecule has 7 heteroatoms. The van der Waals surface area contributed by atoms with Crippen LogP contribution < -0.4 is 15.6 Å². The molecule has 6 nitrogen and oxygen atoms in total. The van der Waals surface area contributed by atoms with Gasteiger partial charge in [0.15, 0.2) is 0 Å². The normalized spacial score (nSPS) is 15.1. The lowest BCUT2D eigenvalue weighted by Gasteiger charge is -2.23. The molecule has 1 fully saturated rings. The van der Waals surface area contributed by atoms with Gasteiger partial charge in [-0.2, -0.15) is 5.10 Å². The van der Waals surface area contributed by atoms with E-state index in [-0.39, 0.29) is 18.0 Å². The van der Waals surface area contributed by atoms with Crippen LogP contribution in [-0.2, 0) is 0 Å². The average molecular weight is 361 g/mol.